The fourth-order valence-electron chi connectivity index (χ4n) is 2.63. The van der Waals surface area contributed by atoms with Gasteiger partial charge in [0.15, 0.2) is 5.69 Å². The molecular weight excluding hydrogens is 326 g/mol. The number of nitriles is 1. The van der Waals surface area contributed by atoms with Gasteiger partial charge in [-0.1, -0.05) is 12.1 Å². The molecule has 1 aromatic heterocycles. The number of pyridine rings is 1. The number of benzene rings is 1. The van der Waals surface area contributed by atoms with Gasteiger partial charge in [0.25, 0.3) is 10.0 Å². The van der Waals surface area contributed by atoms with Crippen LogP contribution < -0.4 is 9.46 Å². The number of sulfonamides is 1. The Hall–Kier alpha value is -2.59. The van der Waals surface area contributed by atoms with Gasteiger partial charge in [0, 0.05) is 6.20 Å². The van der Waals surface area contributed by atoms with Crippen LogP contribution >= 0.6 is 0 Å². The molecule has 6 nitrogen and oxygen atoms in total. The summed E-state index contributed by atoms with van der Waals surface area (Å²) >= 11 is 0. The Labute approximate surface area is 141 Å². The summed E-state index contributed by atoms with van der Waals surface area (Å²) in [6.45, 7) is 3.86. The van der Waals surface area contributed by atoms with Crippen LogP contribution in [-0.2, 0) is 16.4 Å². The van der Waals surface area contributed by atoms with E-state index in [1.807, 2.05) is 26.0 Å². The zero-order chi connectivity index (χ0) is 17.4. The molecule has 0 unspecified atom stereocenters. The van der Waals surface area contributed by atoms with E-state index in [0.29, 0.717) is 5.75 Å². The fraction of sp³-hybridized carbons (Fsp3) is 0.294. The lowest BCUT2D eigenvalue weighted by Gasteiger charge is -2.33. The second kappa shape index (κ2) is 5.80. The predicted molar refractivity (Wildman–Crippen MR) is 89.2 cm³/mol. The largest absolute Gasteiger partial charge is 0.486 e. The summed E-state index contributed by atoms with van der Waals surface area (Å²) < 4.78 is 34.0. The smallest absolute Gasteiger partial charge is 0.265 e. The summed E-state index contributed by atoms with van der Waals surface area (Å²) in [4.78, 5) is 3.94. The molecular formula is C17H17N3O3S. The van der Waals surface area contributed by atoms with E-state index in [1.165, 1.54) is 18.3 Å². The van der Waals surface area contributed by atoms with Crippen molar-refractivity contribution >= 4 is 15.7 Å². The molecule has 0 saturated heterocycles. The van der Waals surface area contributed by atoms with Crippen molar-refractivity contribution in [3.05, 3.63) is 47.8 Å². The van der Waals surface area contributed by atoms with E-state index in [2.05, 4.69) is 9.71 Å². The van der Waals surface area contributed by atoms with Crippen LogP contribution in [0.2, 0.25) is 0 Å². The van der Waals surface area contributed by atoms with Crippen LogP contribution in [0.15, 0.2) is 41.4 Å². The van der Waals surface area contributed by atoms with Crippen LogP contribution in [-0.4, -0.2) is 19.0 Å². The number of aryl methyl sites for hydroxylation is 1. The molecule has 1 aliphatic rings. The number of rotatable bonds is 3. The highest BCUT2D eigenvalue weighted by molar-refractivity contribution is 7.92. The number of aromatic nitrogens is 1. The molecule has 0 fully saturated rings. The number of hydrogen-bond donors (Lipinski definition) is 1. The summed E-state index contributed by atoms with van der Waals surface area (Å²) in [6, 6.07) is 10.0. The van der Waals surface area contributed by atoms with Crippen LogP contribution in [0.5, 0.6) is 5.75 Å². The average Bonchev–Trinajstić information content (AvgIpc) is 2.53. The first-order valence-corrected chi connectivity index (χ1v) is 8.99. The summed E-state index contributed by atoms with van der Waals surface area (Å²) in [6.07, 6.45) is 3.01. The molecule has 0 saturated carbocycles. The highest BCUT2D eigenvalue weighted by Crippen LogP contribution is 2.38. The third-order valence-electron chi connectivity index (χ3n) is 3.88. The number of ether oxygens (including phenoxy) is 1. The molecule has 2 aromatic rings. The second-order valence-corrected chi connectivity index (χ2v) is 7.87. The monoisotopic (exact) mass is 343 g/mol. The maximum absolute atomic E-state index is 12.8. The van der Waals surface area contributed by atoms with E-state index in [9.17, 15) is 8.42 Å². The summed E-state index contributed by atoms with van der Waals surface area (Å²) in [5.74, 6) is 0.378. The van der Waals surface area contributed by atoms with E-state index in [-0.39, 0.29) is 16.3 Å². The predicted octanol–water partition coefficient (Wildman–Crippen LogP) is 2.86. The summed E-state index contributed by atoms with van der Waals surface area (Å²) in [5, 5.41) is 9.07. The number of hydrogen-bond acceptors (Lipinski definition) is 5. The van der Waals surface area contributed by atoms with E-state index >= 15 is 0 Å². The zero-order valence-electron chi connectivity index (χ0n) is 13.4. The van der Waals surface area contributed by atoms with Gasteiger partial charge in [0.05, 0.1) is 5.69 Å². The summed E-state index contributed by atoms with van der Waals surface area (Å²) in [7, 11) is -3.90. The van der Waals surface area contributed by atoms with Crippen molar-refractivity contribution in [2.24, 2.45) is 0 Å². The Kier molecular flexibility index (Phi) is 3.93. The van der Waals surface area contributed by atoms with Gasteiger partial charge in [0.2, 0.25) is 0 Å². The molecule has 0 spiro atoms. The first kappa shape index (κ1) is 16.3. The van der Waals surface area contributed by atoms with Gasteiger partial charge in [-0.2, -0.15) is 5.26 Å². The first-order chi connectivity index (χ1) is 11.3. The molecule has 124 valence electrons. The fourth-order valence-corrected chi connectivity index (χ4v) is 3.86. The number of fused-ring (bicyclic) bond motifs is 1. The van der Waals surface area contributed by atoms with E-state index in [1.54, 1.807) is 12.1 Å². The molecule has 0 aliphatic carbocycles. The number of anilines is 1. The molecule has 3 rings (SSSR count). The Morgan fingerprint density at radius 1 is 1.29 bits per heavy atom. The maximum Gasteiger partial charge on any atom is 0.265 e. The Morgan fingerprint density at radius 3 is 2.83 bits per heavy atom. The maximum atomic E-state index is 12.8. The lowest BCUT2D eigenvalue weighted by atomic mass is 9.94. The molecule has 0 atom stereocenters. The van der Waals surface area contributed by atoms with E-state index in [4.69, 9.17) is 10.00 Å². The van der Waals surface area contributed by atoms with Crippen LogP contribution in [0.3, 0.4) is 0 Å². The van der Waals surface area contributed by atoms with Crippen LogP contribution in [0.4, 0.5) is 5.69 Å². The molecule has 1 aromatic carbocycles. The third-order valence-corrected chi connectivity index (χ3v) is 5.27. The third kappa shape index (κ3) is 3.05. The molecule has 1 aliphatic heterocycles. The molecule has 1 N–H and O–H groups in total. The lowest BCUT2D eigenvalue weighted by molar-refractivity contribution is 0.0806. The number of para-hydroxylation sites is 1. The van der Waals surface area contributed by atoms with Crippen LogP contribution in [0.25, 0.3) is 0 Å². The van der Waals surface area contributed by atoms with Gasteiger partial charge in [-0.05, 0) is 50.5 Å². The van der Waals surface area contributed by atoms with Crippen molar-refractivity contribution in [1.29, 1.82) is 5.26 Å². The average molecular weight is 343 g/mol. The van der Waals surface area contributed by atoms with E-state index < -0.39 is 15.6 Å². The summed E-state index contributed by atoms with van der Waals surface area (Å²) in [5.41, 5.74) is 0.605. The molecule has 0 amide bonds. The molecule has 0 bridgehead atoms. The Morgan fingerprint density at radius 2 is 2.08 bits per heavy atom. The van der Waals surface area contributed by atoms with Crippen molar-refractivity contribution < 1.29 is 13.2 Å². The van der Waals surface area contributed by atoms with Gasteiger partial charge >= 0.3 is 0 Å². The zero-order valence-corrected chi connectivity index (χ0v) is 14.2. The minimum atomic E-state index is -3.90. The minimum absolute atomic E-state index is 0.0205. The topological polar surface area (TPSA) is 92.1 Å². The minimum Gasteiger partial charge on any atom is -0.486 e. The Bertz CT molecular complexity index is 930. The van der Waals surface area contributed by atoms with Gasteiger partial charge in [-0.3, -0.25) is 4.72 Å². The molecule has 0 radical (unpaired) electrons. The lowest BCUT2D eigenvalue weighted by Crippen LogP contribution is -2.33. The standard InChI is InChI=1S/C17H17N3O3S/c1-17(2)9-8-12-5-3-7-15(16(12)23-17)24(21,22)20-13-6-4-10-19-14(13)11-18/h3-7,10,20H,8-9H2,1-2H3. The molecule has 7 heteroatoms. The van der Waals surface area contributed by atoms with Gasteiger partial charge in [-0.25, -0.2) is 13.4 Å². The van der Waals surface area contributed by atoms with Gasteiger partial charge in [-0.15, -0.1) is 0 Å². The van der Waals surface area contributed by atoms with Crippen molar-refractivity contribution in [1.82, 2.24) is 4.98 Å². The van der Waals surface area contributed by atoms with Crippen molar-refractivity contribution in [3.8, 4) is 11.8 Å². The van der Waals surface area contributed by atoms with Crippen molar-refractivity contribution in [3.63, 3.8) is 0 Å². The van der Waals surface area contributed by atoms with Crippen molar-refractivity contribution in [2.45, 2.75) is 37.2 Å². The Balaban J connectivity index is 2.04. The first-order valence-electron chi connectivity index (χ1n) is 7.51. The van der Waals surface area contributed by atoms with Crippen LogP contribution in [0.1, 0.15) is 31.5 Å². The van der Waals surface area contributed by atoms with Crippen LogP contribution in [0, 0.1) is 11.3 Å². The van der Waals surface area contributed by atoms with Gasteiger partial charge < -0.3 is 4.74 Å². The number of nitrogens with one attached hydrogen (secondary N) is 1. The normalized spacial score (nSPS) is 15.7. The highest BCUT2D eigenvalue weighted by Gasteiger charge is 2.32. The van der Waals surface area contributed by atoms with Gasteiger partial charge in [0.1, 0.15) is 22.3 Å². The second-order valence-electron chi connectivity index (χ2n) is 6.22. The molecule has 2 heterocycles. The molecule has 24 heavy (non-hydrogen) atoms. The quantitative estimate of drug-likeness (QED) is 0.925. The number of nitrogens with zero attached hydrogens (tertiary/aromatic N) is 2. The highest BCUT2D eigenvalue weighted by atomic mass is 32.2. The SMILES string of the molecule is CC1(C)CCc2cccc(S(=O)(=O)Nc3cccnc3C#N)c2O1. The van der Waals surface area contributed by atoms with E-state index in [0.717, 1.165) is 18.4 Å². The van der Waals surface area contributed by atoms with Crippen molar-refractivity contribution in [2.75, 3.05) is 4.72 Å².